The highest BCUT2D eigenvalue weighted by Gasteiger charge is 2.06. The molecule has 1 aromatic rings. The van der Waals surface area contributed by atoms with Crippen LogP contribution in [0.3, 0.4) is 0 Å². The molecular weight excluding hydrogens is 247 g/mol. The maximum atomic E-state index is 11.5. The lowest BCUT2D eigenvalue weighted by molar-refractivity contribution is 0.0955. The number of amides is 1. The lowest BCUT2D eigenvalue weighted by Gasteiger charge is -2.01. The molecule has 1 N–H and O–H groups in total. The van der Waals surface area contributed by atoms with E-state index in [1.165, 1.54) is 6.07 Å². The molecule has 5 heteroatoms. The standard InChI is InChI=1S/C11H12Cl2N2O/c1-2-3-6-14-15-11(16)8-4-5-9(12)10(13)7-8/h4-7H,2-3H2,1H3,(H,15,16). The summed E-state index contributed by atoms with van der Waals surface area (Å²) < 4.78 is 0. The zero-order chi connectivity index (χ0) is 12.0. The maximum absolute atomic E-state index is 11.5. The Hall–Kier alpha value is -1.06. The van der Waals surface area contributed by atoms with Crippen LogP contribution in [-0.4, -0.2) is 12.1 Å². The smallest absolute Gasteiger partial charge is 0.267 e. The van der Waals surface area contributed by atoms with Gasteiger partial charge in [-0.05, 0) is 24.6 Å². The zero-order valence-corrected chi connectivity index (χ0v) is 10.3. The maximum Gasteiger partial charge on any atom is 0.271 e. The minimum atomic E-state index is -0.300. The van der Waals surface area contributed by atoms with Crippen LogP contribution < -0.4 is 5.43 Å². The first kappa shape index (κ1) is 13.0. The summed E-state index contributed by atoms with van der Waals surface area (Å²) in [5.74, 6) is -0.300. The van der Waals surface area contributed by atoms with Crippen LogP contribution in [0.4, 0.5) is 0 Å². The molecule has 0 radical (unpaired) electrons. The van der Waals surface area contributed by atoms with Gasteiger partial charge in [0.15, 0.2) is 0 Å². The number of halogens is 2. The first-order valence-electron chi connectivity index (χ1n) is 4.92. The van der Waals surface area contributed by atoms with E-state index in [9.17, 15) is 4.79 Å². The van der Waals surface area contributed by atoms with Crippen LogP contribution >= 0.6 is 23.2 Å². The van der Waals surface area contributed by atoms with E-state index in [1.54, 1.807) is 18.3 Å². The summed E-state index contributed by atoms with van der Waals surface area (Å²) in [6, 6.07) is 4.68. The summed E-state index contributed by atoms with van der Waals surface area (Å²) in [5, 5.41) is 4.57. The molecule has 0 saturated heterocycles. The number of carbonyl (C=O) groups excluding carboxylic acids is 1. The van der Waals surface area contributed by atoms with Crippen LogP contribution in [0, 0.1) is 0 Å². The van der Waals surface area contributed by atoms with Crippen molar-refractivity contribution in [3.63, 3.8) is 0 Å². The molecular formula is C11H12Cl2N2O. The van der Waals surface area contributed by atoms with Gasteiger partial charge >= 0.3 is 0 Å². The van der Waals surface area contributed by atoms with Crippen molar-refractivity contribution in [2.45, 2.75) is 19.8 Å². The molecule has 3 nitrogen and oxygen atoms in total. The molecule has 86 valence electrons. The van der Waals surface area contributed by atoms with Crippen molar-refractivity contribution in [2.75, 3.05) is 0 Å². The quantitative estimate of drug-likeness (QED) is 0.652. The summed E-state index contributed by atoms with van der Waals surface area (Å²) in [7, 11) is 0. The summed E-state index contributed by atoms with van der Waals surface area (Å²) in [6.45, 7) is 2.03. The molecule has 0 heterocycles. The van der Waals surface area contributed by atoms with E-state index in [1.807, 2.05) is 6.92 Å². The summed E-state index contributed by atoms with van der Waals surface area (Å²) in [6.07, 6.45) is 3.49. The number of unbranched alkanes of at least 4 members (excludes halogenated alkanes) is 1. The molecule has 1 amide bonds. The Morgan fingerprint density at radius 2 is 2.19 bits per heavy atom. The lowest BCUT2D eigenvalue weighted by Crippen LogP contribution is -2.17. The van der Waals surface area contributed by atoms with Crippen molar-refractivity contribution in [2.24, 2.45) is 5.10 Å². The first-order chi connectivity index (χ1) is 7.65. The topological polar surface area (TPSA) is 41.5 Å². The van der Waals surface area contributed by atoms with Gasteiger partial charge in [-0.1, -0.05) is 36.5 Å². The van der Waals surface area contributed by atoms with Gasteiger partial charge in [0.05, 0.1) is 10.0 Å². The SMILES string of the molecule is CCCC=NNC(=O)c1ccc(Cl)c(Cl)c1. The minimum absolute atomic E-state index is 0.300. The van der Waals surface area contributed by atoms with Crippen molar-refractivity contribution in [1.82, 2.24) is 5.43 Å². The van der Waals surface area contributed by atoms with E-state index in [-0.39, 0.29) is 5.91 Å². The van der Waals surface area contributed by atoms with Crippen molar-refractivity contribution in [3.05, 3.63) is 33.8 Å². The monoisotopic (exact) mass is 258 g/mol. The van der Waals surface area contributed by atoms with Gasteiger partial charge < -0.3 is 0 Å². The third kappa shape index (κ3) is 3.83. The van der Waals surface area contributed by atoms with Gasteiger partial charge in [-0.2, -0.15) is 5.10 Å². The third-order valence-electron chi connectivity index (χ3n) is 1.86. The molecule has 1 rings (SSSR count). The highest BCUT2D eigenvalue weighted by Crippen LogP contribution is 2.22. The number of carbonyl (C=O) groups is 1. The van der Waals surface area contributed by atoms with E-state index >= 15 is 0 Å². The number of hydrogen-bond donors (Lipinski definition) is 1. The predicted molar refractivity (Wildman–Crippen MR) is 67.3 cm³/mol. The molecule has 1 aromatic carbocycles. The van der Waals surface area contributed by atoms with Crippen LogP contribution in [0.2, 0.25) is 10.0 Å². The molecule has 0 saturated carbocycles. The molecule has 0 aliphatic heterocycles. The Labute approximate surface area is 104 Å². The van der Waals surface area contributed by atoms with Crippen LogP contribution in [0.15, 0.2) is 23.3 Å². The number of benzene rings is 1. The van der Waals surface area contributed by atoms with Crippen molar-refractivity contribution < 1.29 is 4.79 Å². The van der Waals surface area contributed by atoms with Crippen LogP contribution in [0.25, 0.3) is 0 Å². The summed E-state index contributed by atoms with van der Waals surface area (Å²) in [5.41, 5.74) is 2.84. The van der Waals surface area contributed by atoms with Gasteiger partial charge in [-0.3, -0.25) is 4.79 Å². The highest BCUT2D eigenvalue weighted by atomic mass is 35.5. The van der Waals surface area contributed by atoms with E-state index < -0.39 is 0 Å². The Morgan fingerprint density at radius 1 is 1.44 bits per heavy atom. The number of nitrogens with zero attached hydrogens (tertiary/aromatic N) is 1. The van der Waals surface area contributed by atoms with Crippen molar-refractivity contribution >= 4 is 35.3 Å². The fourth-order valence-electron chi connectivity index (χ4n) is 1.000. The fourth-order valence-corrected chi connectivity index (χ4v) is 1.30. The Balaban J connectivity index is 2.63. The van der Waals surface area contributed by atoms with Gasteiger partial charge in [0.1, 0.15) is 0 Å². The Morgan fingerprint density at radius 3 is 2.81 bits per heavy atom. The van der Waals surface area contributed by atoms with Crippen LogP contribution in [0.1, 0.15) is 30.1 Å². The molecule has 16 heavy (non-hydrogen) atoms. The molecule has 0 fully saturated rings. The average Bonchev–Trinajstić information content (AvgIpc) is 2.28. The second-order valence-corrected chi connectivity index (χ2v) is 3.98. The largest absolute Gasteiger partial charge is 0.271 e. The molecule has 0 aliphatic rings. The van der Waals surface area contributed by atoms with E-state index in [2.05, 4.69) is 10.5 Å². The summed E-state index contributed by atoms with van der Waals surface area (Å²) in [4.78, 5) is 11.5. The average molecular weight is 259 g/mol. The second-order valence-electron chi connectivity index (χ2n) is 3.17. The molecule has 0 spiro atoms. The Kier molecular flexibility index (Phi) is 5.29. The van der Waals surface area contributed by atoms with Gasteiger partial charge in [0.25, 0.3) is 5.91 Å². The highest BCUT2D eigenvalue weighted by molar-refractivity contribution is 6.42. The van der Waals surface area contributed by atoms with E-state index in [4.69, 9.17) is 23.2 Å². The van der Waals surface area contributed by atoms with Crippen LogP contribution in [0.5, 0.6) is 0 Å². The lowest BCUT2D eigenvalue weighted by atomic mass is 10.2. The number of hydrogen-bond acceptors (Lipinski definition) is 2. The predicted octanol–water partition coefficient (Wildman–Crippen LogP) is 3.51. The molecule has 0 aromatic heterocycles. The van der Waals surface area contributed by atoms with Gasteiger partial charge in [0.2, 0.25) is 0 Å². The zero-order valence-electron chi connectivity index (χ0n) is 8.84. The normalized spacial score (nSPS) is 10.7. The fraction of sp³-hybridized carbons (Fsp3) is 0.273. The van der Waals surface area contributed by atoms with Crippen molar-refractivity contribution in [3.8, 4) is 0 Å². The van der Waals surface area contributed by atoms with E-state index in [0.717, 1.165) is 12.8 Å². The summed E-state index contributed by atoms with van der Waals surface area (Å²) >= 11 is 11.5. The number of hydrazone groups is 1. The van der Waals surface area contributed by atoms with Gasteiger partial charge in [-0.15, -0.1) is 0 Å². The second kappa shape index (κ2) is 6.51. The van der Waals surface area contributed by atoms with E-state index in [0.29, 0.717) is 15.6 Å². The molecule has 0 unspecified atom stereocenters. The molecule has 0 aliphatic carbocycles. The van der Waals surface area contributed by atoms with Gasteiger partial charge in [-0.25, -0.2) is 5.43 Å². The third-order valence-corrected chi connectivity index (χ3v) is 2.60. The molecule has 0 bridgehead atoms. The first-order valence-corrected chi connectivity index (χ1v) is 5.67. The van der Waals surface area contributed by atoms with Crippen molar-refractivity contribution in [1.29, 1.82) is 0 Å². The van der Waals surface area contributed by atoms with Gasteiger partial charge in [0, 0.05) is 11.8 Å². The number of rotatable bonds is 4. The molecule has 0 atom stereocenters. The Bertz CT molecular complexity index is 405. The minimum Gasteiger partial charge on any atom is -0.267 e. The van der Waals surface area contributed by atoms with Crippen LogP contribution in [-0.2, 0) is 0 Å². The number of nitrogens with one attached hydrogen (secondary N) is 1.